The van der Waals surface area contributed by atoms with Gasteiger partial charge in [-0.15, -0.1) is 11.8 Å². The van der Waals surface area contributed by atoms with E-state index in [2.05, 4.69) is 0 Å². The lowest BCUT2D eigenvalue weighted by atomic mass is 10.1. The Labute approximate surface area is 107 Å². The van der Waals surface area contributed by atoms with Gasteiger partial charge in [0.1, 0.15) is 5.82 Å². The molecule has 4 heteroatoms. The molecule has 17 heavy (non-hydrogen) atoms. The van der Waals surface area contributed by atoms with Gasteiger partial charge in [-0.2, -0.15) is 0 Å². The number of hydrogen-bond donors (Lipinski definition) is 1. The zero-order valence-corrected chi connectivity index (χ0v) is 11.2. The van der Waals surface area contributed by atoms with Crippen molar-refractivity contribution in [3.8, 4) is 0 Å². The van der Waals surface area contributed by atoms with Crippen molar-refractivity contribution in [3.63, 3.8) is 0 Å². The van der Waals surface area contributed by atoms with E-state index in [0.29, 0.717) is 11.3 Å². The van der Waals surface area contributed by atoms with Crippen molar-refractivity contribution in [1.82, 2.24) is 0 Å². The summed E-state index contributed by atoms with van der Waals surface area (Å²) in [5.41, 5.74) is 6.64. The van der Waals surface area contributed by atoms with Gasteiger partial charge in [-0.3, -0.25) is 0 Å². The van der Waals surface area contributed by atoms with Crippen molar-refractivity contribution in [3.05, 3.63) is 29.6 Å². The van der Waals surface area contributed by atoms with Crippen molar-refractivity contribution in [1.29, 1.82) is 0 Å². The molecule has 0 fully saturated rings. The summed E-state index contributed by atoms with van der Waals surface area (Å²) in [6.45, 7) is 2.64. The summed E-state index contributed by atoms with van der Waals surface area (Å²) >= 11 is 1.53. The second kappa shape index (κ2) is 7.69. The molecule has 0 radical (unpaired) electrons. The Kier molecular flexibility index (Phi) is 6.55. The Morgan fingerprint density at radius 3 is 2.82 bits per heavy atom. The summed E-state index contributed by atoms with van der Waals surface area (Å²) in [5.74, 6) is 0.725. The van der Waals surface area contributed by atoms with E-state index in [-0.39, 0.29) is 11.9 Å². The molecule has 1 atom stereocenters. The Morgan fingerprint density at radius 1 is 1.47 bits per heavy atom. The van der Waals surface area contributed by atoms with E-state index in [1.807, 2.05) is 19.1 Å². The van der Waals surface area contributed by atoms with E-state index in [1.54, 1.807) is 13.2 Å². The second-order valence-corrected chi connectivity index (χ2v) is 5.28. The van der Waals surface area contributed by atoms with E-state index in [0.717, 1.165) is 24.3 Å². The lowest BCUT2D eigenvalue weighted by molar-refractivity contribution is 0.200. The van der Waals surface area contributed by atoms with Gasteiger partial charge < -0.3 is 10.5 Å². The molecule has 1 unspecified atom stereocenters. The van der Waals surface area contributed by atoms with Crippen molar-refractivity contribution in [2.45, 2.75) is 30.7 Å². The summed E-state index contributed by atoms with van der Waals surface area (Å²) in [5, 5.41) is 0. The first-order valence-corrected chi connectivity index (χ1v) is 6.77. The molecule has 0 bridgehead atoms. The number of halogens is 1. The van der Waals surface area contributed by atoms with Gasteiger partial charge in [-0.1, -0.05) is 6.07 Å². The van der Waals surface area contributed by atoms with Crippen LogP contribution in [0.1, 0.15) is 18.9 Å². The molecule has 0 saturated heterocycles. The number of hydrogen-bond acceptors (Lipinski definition) is 3. The summed E-state index contributed by atoms with van der Waals surface area (Å²) < 4.78 is 18.7. The van der Waals surface area contributed by atoms with Gasteiger partial charge in [0.15, 0.2) is 0 Å². The third-order valence-electron chi connectivity index (χ3n) is 2.30. The average Bonchev–Trinajstić information content (AvgIpc) is 2.26. The van der Waals surface area contributed by atoms with Gasteiger partial charge in [0.2, 0.25) is 0 Å². The molecule has 0 aliphatic carbocycles. The highest BCUT2D eigenvalue weighted by atomic mass is 32.2. The monoisotopic (exact) mass is 257 g/mol. The van der Waals surface area contributed by atoms with Crippen molar-refractivity contribution in [2.24, 2.45) is 5.73 Å². The van der Waals surface area contributed by atoms with Gasteiger partial charge in [0.05, 0.1) is 0 Å². The topological polar surface area (TPSA) is 35.2 Å². The van der Waals surface area contributed by atoms with E-state index in [9.17, 15) is 4.39 Å². The molecule has 1 aromatic rings. The first-order chi connectivity index (χ1) is 8.13. The van der Waals surface area contributed by atoms with Gasteiger partial charge >= 0.3 is 0 Å². The molecule has 0 spiro atoms. The Balaban J connectivity index is 2.51. The fourth-order valence-electron chi connectivity index (χ4n) is 1.55. The van der Waals surface area contributed by atoms with Gasteiger partial charge in [0, 0.05) is 30.4 Å². The molecule has 0 aliphatic rings. The smallest absolute Gasteiger partial charge is 0.137 e. The molecule has 96 valence electrons. The summed E-state index contributed by atoms with van der Waals surface area (Å²) in [6, 6.07) is 5.44. The third kappa shape index (κ3) is 5.52. The van der Waals surface area contributed by atoms with E-state index in [1.165, 1.54) is 11.8 Å². The van der Waals surface area contributed by atoms with Gasteiger partial charge in [0.25, 0.3) is 0 Å². The average molecular weight is 257 g/mol. The second-order valence-electron chi connectivity index (χ2n) is 4.14. The van der Waals surface area contributed by atoms with Crippen LogP contribution in [0.5, 0.6) is 0 Å². The number of thioether (sulfide) groups is 1. The molecule has 2 N–H and O–H groups in total. The van der Waals surface area contributed by atoms with Crippen molar-refractivity contribution in [2.75, 3.05) is 19.5 Å². The molecule has 0 amide bonds. The Bertz CT molecular complexity index is 344. The number of ether oxygens (including phenoxy) is 1. The quantitative estimate of drug-likeness (QED) is 0.602. The molecule has 1 aromatic carbocycles. The van der Waals surface area contributed by atoms with Crippen LogP contribution in [-0.4, -0.2) is 25.5 Å². The summed E-state index contributed by atoms with van der Waals surface area (Å²) in [6.07, 6.45) is 1.65. The first kappa shape index (κ1) is 14.5. The Morgan fingerprint density at radius 2 is 2.24 bits per heavy atom. The van der Waals surface area contributed by atoms with Crippen molar-refractivity contribution >= 4 is 11.8 Å². The predicted molar refractivity (Wildman–Crippen MR) is 71.0 cm³/mol. The predicted octanol–water partition coefficient (Wildman–Crippen LogP) is 2.84. The van der Waals surface area contributed by atoms with Crippen LogP contribution >= 0.6 is 11.8 Å². The SMILES string of the molecule is COCCCSc1ccc(CC(C)N)cc1F. The highest BCUT2D eigenvalue weighted by molar-refractivity contribution is 7.99. The van der Waals surface area contributed by atoms with Crippen LogP contribution in [0.3, 0.4) is 0 Å². The number of benzene rings is 1. The van der Waals surface area contributed by atoms with Crippen LogP contribution in [0.2, 0.25) is 0 Å². The highest BCUT2D eigenvalue weighted by Crippen LogP contribution is 2.23. The lowest BCUT2D eigenvalue weighted by Gasteiger charge is -2.08. The van der Waals surface area contributed by atoms with Crippen molar-refractivity contribution < 1.29 is 9.13 Å². The highest BCUT2D eigenvalue weighted by Gasteiger charge is 2.05. The fraction of sp³-hybridized carbons (Fsp3) is 0.538. The zero-order valence-electron chi connectivity index (χ0n) is 10.4. The van der Waals surface area contributed by atoms with E-state index >= 15 is 0 Å². The number of methoxy groups -OCH3 is 1. The van der Waals surface area contributed by atoms with Crippen LogP contribution in [0.15, 0.2) is 23.1 Å². The van der Waals surface area contributed by atoms with Crippen LogP contribution in [0.25, 0.3) is 0 Å². The van der Waals surface area contributed by atoms with Crippen LogP contribution < -0.4 is 5.73 Å². The molecule has 0 saturated carbocycles. The summed E-state index contributed by atoms with van der Waals surface area (Å²) in [4.78, 5) is 0.703. The lowest BCUT2D eigenvalue weighted by Crippen LogP contribution is -2.17. The number of nitrogens with two attached hydrogens (primary N) is 1. The van der Waals surface area contributed by atoms with E-state index < -0.39 is 0 Å². The normalized spacial score (nSPS) is 12.7. The minimum Gasteiger partial charge on any atom is -0.385 e. The number of rotatable bonds is 7. The third-order valence-corrected chi connectivity index (χ3v) is 3.44. The molecule has 0 heterocycles. The molecule has 0 aliphatic heterocycles. The zero-order chi connectivity index (χ0) is 12.7. The van der Waals surface area contributed by atoms with Crippen LogP contribution in [-0.2, 0) is 11.2 Å². The summed E-state index contributed by atoms with van der Waals surface area (Å²) in [7, 11) is 1.67. The molecule has 0 aromatic heterocycles. The van der Waals surface area contributed by atoms with Gasteiger partial charge in [-0.25, -0.2) is 4.39 Å². The van der Waals surface area contributed by atoms with Crippen LogP contribution in [0, 0.1) is 5.82 Å². The van der Waals surface area contributed by atoms with Crippen LogP contribution in [0.4, 0.5) is 4.39 Å². The first-order valence-electron chi connectivity index (χ1n) is 5.79. The minimum absolute atomic E-state index is 0.0645. The van der Waals surface area contributed by atoms with Gasteiger partial charge in [-0.05, 0) is 37.5 Å². The molecular weight excluding hydrogens is 237 g/mol. The largest absolute Gasteiger partial charge is 0.385 e. The fourth-order valence-corrected chi connectivity index (χ4v) is 2.39. The maximum atomic E-state index is 13.7. The maximum Gasteiger partial charge on any atom is 0.137 e. The maximum absolute atomic E-state index is 13.7. The molecular formula is C13H20FNOS. The minimum atomic E-state index is -0.148. The molecule has 1 rings (SSSR count). The standard InChI is InChI=1S/C13H20FNOS/c1-10(15)8-11-4-5-13(12(14)9-11)17-7-3-6-16-2/h4-5,9-10H,3,6-8,15H2,1-2H3. The molecule has 2 nitrogen and oxygen atoms in total. The Hall–Kier alpha value is -0.580. The van der Waals surface area contributed by atoms with E-state index in [4.69, 9.17) is 10.5 Å².